The lowest BCUT2D eigenvalue weighted by atomic mass is 10.1. The topological polar surface area (TPSA) is 43.2 Å². The fourth-order valence-electron chi connectivity index (χ4n) is 3.64. The van der Waals surface area contributed by atoms with E-state index in [2.05, 4.69) is 0 Å². The molecule has 0 aliphatic carbocycles. The van der Waals surface area contributed by atoms with Crippen LogP contribution in [0.3, 0.4) is 0 Å². The first-order valence-corrected chi connectivity index (χ1v) is 10.5. The molecule has 0 N–H and O–H groups in total. The average Bonchev–Trinajstić information content (AvgIpc) is 3.47. The summed E-state index contributed by atoms with van der Waals surface area (Å²) in [6.45, 7) is 0.942. The number of aliphatic imine (C=N–C) groups is 2. The Hall–Kier alpha value is -2.82. The molecule has 5 rings (SSSR count). The number of benzene rings is 3. The van der Waals surface area contributed by atoms with Gasteiger partial charge in [0.05, 0.1) is 21.2 Å². The predicted molar refractivity (Wildman–Crippen MR) is 120 cm³/mol. The summed E-state index contributed by atoms with van der Waals surface area (Å²) in [5.41, 5.74) is 3.67. The van der Waals surface area contributed by atoms with Crippen molar-refractivity contribution in [3.63, 3.8) is 0 Å². The van der Waals surface area contributed by atoms with Crippen LogP contribution in [0, 0.1) is 0 Å². The quantitative estimate of drug-likeness (QED) is 0.500. The largest absolute Gasteiger partial charge is 0.475 e. The Morgan fingerprint density at radius 1 is 0.633 bits per heavy atom. The van der Waals surface area contributed by atoms with E-state index in [9.17, 15) is 0 Å². The van der Waals surface area contributed by atoms with Gasteiger partial charge < -0.3 is 9.47 Å². The molecule has 0 amide bonds. The summed E-state index contributed by atoms with van der Waals surface area (Å²) in [5, 5.41) is 0.867. The average molecular weight is 437 g/mol. The first kappa shape index (κ1) is 19.2. The van der Waals surface area contributed by atoms with Gasteiger partial charge in [-0.3, -0.25) is 0 Å². The summed E-state index contributed by atoms with van der Waals surface area (Å²) in [4.78, 5) is 9.58. The second-order valence-corrected chi connectivity index (χ2v) is 7.97. The SMILES string of the molecule is Clc1cc(C2=N[C@H](c3ccccc3)CO2)c(C2=N[C@H](c3ccccc3)CO2)cc1Cl. The van der Waals surface area contributed by atoms with Crippen LogP contribution in [0.15, 0.2) is 82.8 Å². The van der Waals surface area contributed by atoms with Gasteiger partial charge >= 0.3 is 0 Å². The minimum Gasteiger partial charge on any atom is -0.475 e. The summed E-state index contributed by atoms with van der Waals surface area (Å²) in [6, 6.07) is 23.6. The van der Waals surface area contributed by atoms with E-state index in [1.165, 1.54) is 0 Å². The van der Waals surface area contributed by atoms with Gasteiger partial charge in [0.1, 0.15) is 25.3 Å². The molecule has 3 aromatic carbocycles. The molecule has 2 aliphatic heterocycles. The van der Waals surface area contributed by atoms with Crippen LogP contribution in [0.25, 0.3) is 0 Å². The van der Waals surface area contributed by atoms with Crippen molar-refractivity contribution in [1.29, 1.82) is 0 Å². The van der Waals surface area contributed by atoms with Crippen LogP contribution in [-0.2, 0) is 9.47 Å². The van der Waals surface area contributed by atoms with E-state index in [1.807, 2.05) is 60.7 Å². The molecule has 6 heteroatoms. The van der Waals surface area contributed by atoms with Gasteiger partial charge in [-0.25, -0.2) is 9.98 Å². The van der Waals surface area contributed by atoms with Crippen molar-refractivity contribution >= 4 is 35.0 Å². The first-order valence-electron chi connectivity index (χ1n) is 9.70. The maximum Gasteiger partial charge on any atom is 0.217 e. The molecule has 0 radical (unpaired) electrons. The van der Waals surface area contributed by atoms with Crippen molar-refractivity contribution < 1.29 is 9.47 Å². The van der Waals surface area contributed by atoms with Gasteiger partial charge in [-0.15, -0.1) is 0 Å². The van der Waals surface area contributed by atoms with Crippen LogP contribution in [0.1, 0.15) is 34.3 Å². The Kier molecular flexibility index (Phi) is 5.19. The van der Waals surface area contributed by atoms with Crippen molar-refractivity contribution in [3.8, 4) is 0 Å². The molecule has 0 saturated carbocycles. The second kappa shape index (κ2) is 8.13. The Labute approximate surface area is 184 Å². The molecular weight excluding hydrogens is 419 g/mol. The lowest BCUT2D eigenvalue weighted by molar-refractivity contribution is 0.316. The number of rotatable bonds is 4. The minimum atomic E-state index is -0.0630. The molecule has 150 valence electrons. The standard InChI is InChI=1S/C24H18Cl2N2O2/c25-19-11-17(23-27-21(13-29-23)15-7-3-1-4-8-15)18(12-20(19)26)24-28-22(14-30-24)16-9-5-2-6-10-16/h1-12,21-22H,13-14H2/t21-,22-/m0/s1. The molecule has 2 aliphatic rings. The summed E-state index contributed by atoms with van der Waals surface area (Å²) < 4.78 is 11.9. The predicted octanol–water partition coefficient (Wildman–Crippen LogP) is 6.03. The molecule has 0 unspecified atom stereocenters. The third-order valence-corrected chi connectivity index (χ3v) is 5.91. The highest BCUT2D eigenvalue weighted by molar-refractivity contribution is 6.42. The number of ether oxygens (including phenoxy) is 2. The zero-order valence-electron chi connectivity index (χ0n) is 16.0. The van der Waals surface area contributed by atoms with Crippen LogP contribution in [0.4, 0.5) is 0 Å². The Bertz CT molecular complexity index is 1040. The number of hydrogen-bond donors (Lipinski definition) is 0. The van der Waals surface area contributed by atoms with Crippen LogP contribution >= 0.6 is 23.2 Å². The van der Waals surface area contributed by atoms with Gasteiger partial charge in [0.25, 0.3) is 0 Å². The molecule has 2 heterocycles. The first-order chi connectivity index (χ1) is 14.7. The monoisotopic (exact) mass is 436 g/mol. The fraction of sp³-hybridized carbons (Fsp3) is 0.167. The van der Waals surface area contributed by atoms with Crippen LogP contribution in [0.5, 0.6) is 0 Å². The summed E-state index contributed by atoms with van der Waals surface area (Å²) in [6.07, 6.45) is 0. The Morgan fingerprint density at radius 3 is 1.43 bits per heavy atom. The van der Waals surface area contributed by atoms with Crippen molar-refractivity contribution in [2.24, 2.45) is 9.98 Å². The van der Waals surface area contributed by atoms with Crippen molar-refractivity contribution in [3.05, 3.63) is 105 Å². The lowest BCUT2D eigenvalue weighted by Gasteiger charge is -2.10. The summed E-state index contributed by atoms with van der Waals surface area (Å²) >= 11 is 12.7. The normalized spacial score (nSPS) is 20.3. The lowest BCUT2D eigenvalue weighted by Crippen LogP contribution is -2.11. The van der Waals surface area contributed by atoms with Crippen molar-refractivity contribution in [1.82, 2.24) is 0 Å². The van der Waals surface area contributed by atoms with Crippen LogP contribution in [-0.4, -0.2) is 25.0 Å². The van der Waals surface area contributed by atoms with Crippen molar-refractivity contribution in [2.75, 3.05) is 13.2 Å². The molecule has 4 nitrogen and oxygen atoms in total. The van der Waals surface area contributed by atoms with Gasteiger partial charge in [-0.1, -0.05) is 83.9 Å². The van der Waals surface area contributed by atoms with Gasteiger partial charge in [0, 0.05) is 0 Å². The third kappa shape index (κ3) is 3.69. The van der Waals surface area contributed by atoms with E-state index in [4.69, 9.17) is 42.7 Å². The molecule has 0 aromatic heterocycles. The van der Waals surface area contributed by atoms with E-state index in [1.54, 1.807) is 12.1 Å². The molecule has 2 atom stereocenters. The summed E-state index contributed by atoms with van der Waals surface area (Å²) in [7, 11) is 0. The second-order valence-electron chi connectivity index (χ2n) is 7.16. The van der Waals surface area contributed by atoms with E-state index >= 15 is 0 Å². The van der Waals surface area contributed by atoms with Gasteiger partial charge in [-0.05, 0) is 23.3 Å². The Balaban J connectivity index is 1.52. The Morgan fingerprint density at radius 2 is 1.03 bits per heavy atom. The van der Waals surface area contributed by atoms with E-state index < -0.39 is 0 Å². The molecular formula is C24H18Cl2N2O2. The highest BCUT2D eigenvalue weighted by atomic mass is 35.5. The highest BCUT2D eigenvalue weighted by Gasteiger charge is 2.29. The molecule has 0 bridgehead atoms. The molecule has 0 spiro atoms. The molecule has 3 aromatic rings. The maximum atomic E-state index is 6.33. The van der Waals surface area contributed by atoms with Gasteiger partial charge in [0.15, 0.2) is 0 Å². The van der Waals surface area contributed by atoms with Gasteiger partial charge in [0.2, 0.25) is 11.8 Å². The maximum absolute atomic E-state index is 6.33. The molecule has 0 fully saturated rings. The number of nitrogens with zero attached hydrogens (tertiary/aromatic N) is 2. The van der Waals surface area contributed by atoms with E-state index in [-0.39, 0.29) is 12.1 Å². The highest BCUT2D eigenvalue weighted by Crippen LogP contribution is 2.33. The van der Waals surface area contributed by atoms with Crippen LogP contribution < -0.4 is 0 Å². The molecule has 0 saturated heterocycles. The fourth-order valence-corrected chi connectivity index (χ4v) is 3.96. The van der Waals surface area contributed by atoms with Crippen LogP contribution in [0.2, 0.25) is 10.0 Å². The third-order valence-electron chi connectivity index (χ3n) is 5.19. The van der Waals surface area contributed by atoms with E-state index in [0.29, 0.717) is 35.1 Å². The zero-order valence-corrected chi connectivity index (χ0v) is 17.5. The van der Waals surface area contributed by atoms with Crippen molar-refractivity contribution in [2.45, 2.75) is 12.1 Å². The number of halogens is 2. The molecule has 30 heavy (non-hydrogen) atoms. The minimum absolute atomic E-state index is 0.0630. The summed E-state index contributed by atoms with van der Waals surface area (Å²) in [5.74, 6) is 1.04. The van der Waals surface area contributed by atoms with E-state index in [0.717, 1.165) is 22.3 Å². The zero-order chi connectivity index (χ0) is 20.5. The smallest absolute Gasteiger partial charge is 0.217 e. The number of hydrogen-bond acceptors (Lipinski definition) is 4. The van der Waals surface area contributed by atoms with Gasteiger partial charge in [-0.2, -0.15) is 0 Å².